The maximum atomic E-state index is 14.0. The Hall–Kier alpha value is -2.77. The Morgan fingerprint density at radius 1 is 1.00 bits per heavy atom. The highest BCUT2D eigenvalue weighted by Gasteiger charge is 2.40. The van der Waals surface area contributed by atoms with Gasteiger partial charge in [0.15, 0.2) is 0 Å². The number of thiazole rings is 1. The molecule has 5 rings (SSSR count). The van der Waals surface area contributed by atoms with Crippen molar-refractivity contribution in [2.75, 3.05) is 13.6 Å². The Labute approximate surface area is 217 Å². The summed E-state index contributed by atoms with van der Waals surface area (Å²) in [5.74, 6) is 0.147. The van der Waals surface area contributed by atoms with Gasteiger partial charge in [-0.3, -0.25) is 9.59 Å². The molecular formula is C29H36N4O2S. The number of likely N-dealkylation sites (tertiary alicyclic amines) is 1. The molecule has 2 aromatic carbocycles. The molecule has 1 aliphatic heterocycles. The van der Waals surface area contributed by atoms with Crippen molar-refractivity contribution in [3.63, 3.8) is 0 Å². The number of nitrogens with one attached hydrogen (secondary N) is 2. The van der Waals surface area contributed by atoms with Crippen LogP contribution in [0.3, 0.4) is 0 Å². The minimum Gasteiger partial charge on any atom is -0.343 e. The molecule has 2 N–H and O–H groups in total. The van der Waals surface area contributed by atoms with Crippen LogP contribution in [-0.4, -0.2) is 47.4 Å². The second-order valence-corrected chi connectivity index (χ2v) is 11.2. The van der Waals surface area contributed by atoms with E-state index in [2.05, 4.69) is 41.0 Å². The first-order valence-electron chi connectivity index (χ1n) is 13.3. The summed E-state index contributed by atoms with van der Waals surface area (Å²) < 4.78 is 1.14. The fraction of sp³-hybridized carbons (Fsp3) is 0.483. The Kier molecular flexibility index (Phi) is 7.67. The van der Waals surface area contributed by atoms with Gasteiger partial charge in [0.05, 0.1) is 22.3 Å². The van der Waals surface area contributed by atoms with Crippen molar-refractivity contribution in [1.82, 2.24) is 20.5 Å². The molecule has 1 aliphatic carbocycles. The van der Waals surface area contributed by atoms with Crippen LogP contribution in [0.4, 0.5) is 0 Å². The number of likely N-dealkylation sites (N-methyl/N-ethyl adjacent to an activating group) is 1. The van der Waals surface area contributed by atoms with Crippen molar-refractivity contribution in [3.05, 3.63) is 53.5 Å². The van der Waals surface area contributed by atoms with E-state index < -0.39 is 6.04 Å². The third kappa shape index (κ3) is 5.04. The zero-order valence-electron chi connectivity index (χ0n) is 21.2. The van der Waals surface area contributed by atoms with Crippen LogP contribution < -0.4 is 10.6 Å². The lowest BCUT2D eigenvalue weighted by Crippen LogP contribution is -2.55. The smallest absolute Gasteiger partial charge is 0.246 e. The average Bonchev–Trinajstić information content (AvgIpc) is 3.59. The average molecular weight is 505 g/mol. The van der Waals surface area contributed by atoms with Gasteiger partial charge in [-0.05, 0) is 57.2 Å². The predicted molar refractivity (Wildman–Crippen MR) is 146 cm³/mol. The van der Waals surface area contributed by atoms with Crippen molar-refractivity contribution in [2.24, 2.45) is 5.92 Å². The van der Waals surface area contributed by atoms with Gasteiger partial charge in [-0.1, -0.05) is 61.7 Å². The second-order valence-electron chi connectivity index (χ2n) is 10.2. The number of fused-ring (bicyclic) bond motifs is 1. The van der Waals surface area contributed by atoms with E-state index in [9.17, 15) is 9.59 Å². The number of rotatable bonds is 7. The molecule has 36 heavy (non-hydrogen) atoms. The fourth-order valence-corrected chi connectivity index (χ4v) is 6.83. The summed E-state index contributed by atoms with van der Waals surface area (Å²) in [4.78, 5) is 34.0. The molecule has 2 amide bonds. The molecule has 1 saturated heterocycles. The summed E-state index contributed by atoms with van der Waals surface area (Å²) in [7, 11) is 1.77. The highest BCUT2D eigenvalue weighted by Crippen LogP contribution is 2.40. The van der Waals surface area contributed by atoms with Gasteiger partial charge in [0.1, 0.15) is 11.0 Å². The quantitative estimate of drug-likeness (QED) is 0.458. The molecule has 6 nitrogen and oxygen atoms in total. The van der Waals surface area contributed by atoms with E-state index >= 15 is 0 Å². The van der Waals surface area contributed by atoms with E-state index in [0.717, 1.165) is 64.9 Å². The standard InChI is InChI=1S/C29H36N4O2S/c1-19(30-2)27(34)31-25(21-13-7-4-8-14-21)29(35)33-18-10-16-23(33)28-32-26-22(15-9-17-24(26)36-28)20-11-5-3-6-12-20/h3,5-6,9,11-12,15,17,19,21,23,25,30H,4,7-8,10,13-14,16,18H2,1-2H3,(H,31,34)/t19-,23-,25-/m0/s1. The number of nitrogens with zero attached hydrogens (tertiary/aromatic N) is 2. The summed E-state index contributed by atoms with van der Waals surface area (Å²) in [6.07, 6.45) is 7.29. The van der Waals surface area contributed by atoms with Gasteiger partial charge in [-0.15, -0.1) is 11.3 Å². The van der Waals surface area contributed by atoms with Gasteiger partial charge in [0, 0.05) is 12.1 Å². The second kappa shape index (κ2) is 11.1. The molecule has 0 unspecified atom stereocenters. The van der Waals surface area contributed by atoms with Gasteiger partial charge in [-0.2, -0.15) is 0 Å². The molecule has 1 saturated carbocycles. The molecule has 2 heterocycles. The third-order valence-corrected chi connectivity index (χ3v) is 8.97. The maximum absolute atomic E-state index is 14.0. The lowest BCUT2D eigenvalue weighted by Gasteiger charge is -2.35. The number of carbonyl (C=O) groups is 2. The van der Waals surface area contributed by atoms with E-state index in [1.54, 1.807) is 18.4 Å². The van der Waals surface area contributed by atoms with E-state index in [-0.39, 0.29) is 29.8 Å². The first-order valence-corrected chi connectivity index (χ1v) is 14.1. The molecule has 7 heteroatoms. The summed E-state index contributed by atoms with van der Waals surface area (Å²) in [5, 5.41) is 7.13. The van der Waals surface area contributed by atoms with Crippen LogP contribution in [0, 0.1) is 5.92 Å². The van der Waals surface area contributed by atoms with Gasteiger partial charge in [0.25, 0.3) is 0 Å². The number of amides is 2. The van der Waals surface area contributed by atoms with Crippen LogP contribution in [0.5, 0.6) is 0 Å². The molecule has 0 radical (unpaired) electrons. The number of benzene rings is 2. The van der Waals surface area contributed by atoms with Crippen LogP contribution in [0.25, 0.3) is 21.3 Å². The van der Waals surface area contributed by atoms with Gasteiger partial charge < -0.3 is 15.5 Å². The Bertz CT molecular complexity index is 1200. The van der Waals surface area contributed by atoms with Gasteiger partial charge >= 0.3 is 0 Å². The molecular weight excluding hydrogens is 468 g/mol. The summed E-state index contributed by atoms with van der Waals surface area (Å²) in [5.41, 5.74) is 3.28. The Morgan fingerprint density at radius 3 is 2.53 bits per heavy atom. The van der Waals surface area contributed by atoms with Gasteiger partial charge in [-0.25, -0.2) is 4.98 Å². The molecule has 2 aliphatic rings. The minimum atomic E-state index is -0.469. The highest BCUT2D eigenvalue weighted by atomic mass is 32.1. The molecule has 190 valence electrons. The van der Waals surface area contributed by atoms with Crippen LogP contribution in [0.15, 0.2) is 48.5 Å². The van der Waals surface area contributed by atoms with E-state index in [1.165, 1.54) is 6.42 Å². The monoisotopic (exact) mass is 504 g/mol. The fourth-order valence-electron chi connectivity index (χ4n) is 5.68. The number of carbonyl (C=O) groups excluding carboxylic acids is 2. The molecule has 3 atom stereocenters. The van der Waals surface area contributed by atoms with E-state index in [4.69, 9.17) is 4.98 Å². The zero-order chi connectivity index (χ0) is 25.1. The first kappa shape index (κ1) is 24.9. The van der Waals surface area contributed by atoms with Crippen molar-refractivity contribution < 1.29 is 9.59 Å². The first-order chi connectivity index (χ1) is 17.6. The largest absolute Gasteiger partial charge is 0.343 e. The number of aromatic nitrogens is 1. The van der Waals surface area contributed by atoms with Crippen LogP contribution in [0.1, 0.15) is 62.9 Å². The lowest BCUT2D eigenvalue weighted by atomic mass is 9.83. The van der Waals surface area contributed by atoms with Crippen molar-refractivity contribution in [3.8, 4) is 11.1 Å². The molecule has 1 aromatic heterocycles. The Morgan fingerprint density at radius 2 is 1.78 bits per heavy atom. The number of hydrogen-bond donors (Lipinski definition) is 2. The lowest BCUT2D eigenvalue weighted by molar-refractivity contribution is -0.139. The molecule has 3 aromatic rings. The number of hydrogen-bond acceptors (Lipinski definition) is 5. The zero-order valence-corrected chi connectivity index (χ0v) is 22.0. The van der Waals surface area contributed by atoms with E-state index in [1.807, 2.05) is 30.0 Å². The van der Waals surface area contributed by atoms with Crippen molar-refractivity contribution >= 4 is 33.4 Å². The minimum absolute atomic E-state index is 0.0387. The van der Waals surface area contributed by atoms with Crippen LogP contribution in [0.2, 0.25) is 0 Å². The third-order valence-electron chi connectivity index (χ3n) is 7.85. The molecule has 0 bridgehead atoms. The van der Waals surface area contributed by atoms with Gasteiger partial charge in [0.2, 0.25) is 11.8 Å². The highest BCUT2D eigenvalue weighted by molar-refractivity contribution is 7.18. The van der Waals surface area contributed by atoms with Crippen molar-refractivity contribution in [1.29, 1.82) is 0 Å². The molecule has 0 spiro atoms. The normalized spacial score (nSPS) is 20.4. The molecule has 2 fully saturated rings. The predicted octanol–water partition coefficient (Wildman–Crippen LogP) is 5.30. The van der Waals surface area contributed by atoms with Crippen LogP contribution >= 0.6 is 11.3 Å². The van der Waals surface area contributed by atoms with Crippen LogP contribution in [-0.2, 0) is 9.59 Å². The number of para-hydroxylation sites is 1. The summed E-state index contributed by atoms with van der Waals surface area (Å²) in [6.45, 7) is 2.55. The summed E-state index contributed by atoms with van der Waals surface area (Å²) in [6, 6.07) is 15.8. The Balaban J connectivity index is 1.44. The maximum Gasteiger partial charge on any atom is 0.246 e. The van der Waals surface area contributed by atoms with Crippen molar-refractivity contribution in [2.45, 2.75) is 70.0 Å². The topological polar surface area (TPSA) is 74.3 Å². The SMILES string of the molecule is CN[C@@H](C)C(=O)N[C@H](C(=O)N1CCC[C@H]1c1nc2c(-c3ccccc3)cccc2s1)C1CCCCC1. The summed E-state index contributed by atoms with van der Waals surface area (Å²) >= 11 is 1.69. The van der Waals surface area contributed by atoms with E-state index in [0.29, 0.717) is 6.54 Å².